The van der Waals surface area contributed by atoms with E-state index in [1.807, 2.05) is 31.2 Å². The summed E-state index contributed by atoms with van der Waals surface area (Å²) in [5, 5.41) is 3.65. The van der Waals surface area contributed by atoms with Gasteiger partial charge >= 0.3 is 6.18 Å². The number of aryl methyl sites for hydroxylation is 1. The molecule has 0 saturated carbocycles. The highest BCUT2D eigenvalue weighted by Crippen LogP contribution is 2.40. The molecule has 4 aromatic rings. The monoisotopic (exact) mass is 572 g/mol. The highest BCUT2D eigenvalue weighted by Gasteiger charge is 2.32. The largest absolute Gasteiger partial charge is 0.489 e. The molecule has 4 heterocycles. The zero-order valence-electron chi connectivity index (χ0n) is 21.9. The Morgan fingerprint density at radius 3 is 2.55 bits per heavy atom. The summed E-state index contributed by atoms with van der Waals surface area (Å²) in [6.45, 7) is 5.24. The number of nitrogens with zero attached hydrogens (tertiary/aromatic N) is 5. The van der Waals surface area contributed by atoms with Gasteiger partial charge in [0.15, 0.2) is 0 Å². The predicted octanol–water partition coefficient (Wildman–Crippen LogP) is 5.59. The van der Waals surface area contributed by atoms with E-state index in [9.17, 15) is 13.2 Å². The Labute approximate surface area is 233 Å². The smallest absolute Gasteiger partial charge is 0.418 e. The predicted molar refractivity (Wildman–Crippen MR) is 146 cm³/mol. The van der Waals surface area contributed by atoms with Crippen LogP contribution in [0.15, 0.2) is 48.8 Å². The molecule has 0 unspecified atom stereocenters. The standard InChI is InChI=1S/C27H27F3N6O3S/c1-17-24(40-25(33-17)23-22(39-14-13-37-2)15-18(16-32-23)27(28,29)30)21-7-8-31-26(35-21)34-19-3-5-20(6-4-19)36-9-11-38-12-10-36/h3-8,15-16H,9-14H2,1-2H3,(H,31,34,35). The van der Waals surface area contributed by atoms with Crippen molar-refractivity contribution in [1.29, 1.82) is 0 Å². The van der Waals surface area contributed by atoms with Gasteiger partial charge in [0.2, 0.25) is 5.95 Å². The van der Waals surface area contributed by atoms with Crippen molar-refractivity contribution in [1.82, 2.24) is 19.9 Å². The van der Waals surface area contributed by atoms with Crippen molar-refractivity contribution < 1.29 is 27.4 Å². The fourth-order valence-corrected chi connectivity index (χ4v) is 5.13. The quantitative estimate of drug-likeness (QED) is 0.258. The molecule has 1 aliphatic heterocycles. The van der Waals surface area contributed by atoms with Crippen molar-refractivity contribution in [2.75, 3.05) is 56.8 Å². The molecule has 3 aromatic heterocycles. The van der Waals surface area contributed by atoms with Crippen LogP contribution in [0.1, 0.15) is 11.3 Å². The first-order chi connectivity index (χ1) is 19.3. The van der Waals surface area contributed by atoms with Gasteiger partial charge in [-0.25, -0.2) is 19.9 Å². The number of nitrogens with one attached hydrogen (secondary N) is 1. The molecule has 1 aromatic carbocycles. The van der Waals surface area contributed by atoms with Crippen LogP contribution in [-0.4, -0.2) is 66.6 Å². The lowest BCUT2D eigenvalue weighted by Gasteiger charge is -2.28. The normalized spacial score (nSPS) is 13.9. The average Bonchev–Trinajstić information content (AvgIpc) is 3.35. The van der Waals surface area contributed by atoms with E-state index < -0.39 is 11.7 Å². The molecule has 0 atom stereocenters. The number of halogens is 3. The highest BCUT2D eigenvalue weighted by atomic mass is 32.1. The van der Waals surface area contributed by atoms with Crippen LogP contribution in [-0.2, 0) is 15.7 Å². The summed E-state index contributed by atoms with van der Waals surface area (Å²) in [4.78, 5) is 20.6. The third-order valence-corrected chi connectivity index (χ3v) is 7.30. The van der Waals surface area contributed by atoms with E-state index in [0.29, 0.717) is 22.3 Å². The Balaban J connectivity index is 1.37. The van der Waals surface area contributed by atoms with E-state index >= 15 is 0 Å². The van der Waals surface area contributed by atoms with Gasteiger partial charge in [-0.3, -0.25) is 0 Å². The fourth-order valence-electron chi connectivity index (χ4n) is 4.09. The lowest BCUT2D eigenvalue weighted by atomic mass is 10.2. The van der Waals surface area contributed by atoms with Gasteiger partial charge in [-0.05, 0) is 43.3 Å². The topological polar surface area (TPSA) is 94.5 Å². The molecular weight excluding hydrogens is 545 g/mol. The van der Waals surface area contributed by atoms with Crippen LogP contribution in [0.4, 0.5) is 30.5 Å². The first-order valence-corrected chi connectivity index (χ1v) is 13.3. The number of anilines is 3. The van der Waals surface area contributed by atoms with Crippen LogP contribution < -0.4 is 15.0 Å². The first-order valence-electron chi connectivity index (χ1n) is 12.5. The van der Waals surface area contributed by atoms with E-state index in [4.69, 9.17) is 14.2 Å². The summed E-state index contributed by atoms with van der Waals surface area (Å²) in [5.41, 5.74) is 2.56. The molecule has 13 heteroatoms. The van der Waals surface area contributed by atoms with Gasteiger partial charge in [-0.2, -0.15) is 13.2 Å². The Morgan fingerprint density at radius 2 is 1.82 bits per heavy atom. The third kappa shape index (κ3) is 6.49. The molecule has 9 nitrogen and oxygen atoms in total. The lowest BCUT2D eigenvalue weighted by Crippen LogP contribution is -2.36. The molecule has 0 amide bonds. The van der Waals surface area contributed by atoms with E-state index in [1.165, 1.54) is 18.4 Å². The number of ether oxygens (including phenoxy) is 3. The lowest BCUT2D eigenvalue weighted by molar-refractivity contribution is -0.137. The zero-order chi connectivity index (χ0) is 28.1. The molecule has 1 fully saturated rings. The summed E-state index contributed by atoms with van der Waals surface area (Å²) >= 11 is 1.27. The number of benzene rings is 1. The minimum absolute atomic E-state index is 0.0160. The van der Waals surface area contributed by atoms with Crippen molar-refractivity contribution in [3.63, 3.8) is 0 Å². The minimum Gasteiger partial charge on any atom is -0.489 e. The number of hydrogen-bond donors (Lipinski definition) is 1. The van der Waals surface area contributed by atoms with Gasteiger partial charge < -0.3 is 24.4 Å². The van der Waals surface area contributed by atoms with Crippen LogP contribution in [0.5, 0.6) is 5.75 Å². The fraction of sp³-hybridized carbons (Fsp3) is 0.333. The molecule has 5 rings (SSSR count). The van der Waals surface area contributed by atoms with Gasteiger partial charge in [-0.15, -0.1) is 11.3 Å². The van der Waals surface area contributed by atoms with Crippen molar-refractivity contribution >= 4 is 28.7 Å². The summed E-state index contributed by atoms with van der Waals surface area (Å²) < 4.78 is 55.9. The SMILES string of the molecule is COCCOc1cc(C(F)(F)F)cnc1-c1nc(C)c(-c2ccnc(Nc3ccc(N4CCOCC4)cc3)n2)s1. The van der Waals surface area contributed by atoms with Crippen LogP contribution >= 0.6 is 11.3 Å². The summed E-state index contributed by atoms with van der Waals surface area (Å²) in [7, 11) is 1.48. The van der Waals surface area contributed by atoms with Crippen LogP contribution in [0.25, 0.3) is 21.3 Å². The summed E-state index contributed by atoms with van der Waals surface area (Å²) in [6.07, 6.45) is -2.13. The Hall–Kier alpha value is -3.81. The molecule has 210 valence electrons. The maximum Gasteiger partial charge on any atom is 0.418 e. The van der Waals surface area contributed by atoms with Gasteiger partial charge in [0.1, 0.15) is 23.1 Å². The van der Waals surface area contributed by atoms with Crippen molar-refractivity contribution in [2.24, 2.45) is 0 Å². The maximum atomic E-state index is 13.3. The van der Waals surface area contributed by atoms with Gasteiger partial charge in [0, 0.05) is 44.0 Å². The van der Waals surface area contributed by atoms with E-state index in [-0.39, 0.29) is 24.7 Å². The molecule has 1 aliphatic rings. The second-order valence-corrected chi connectivity index (χ2v) is 9.88. The number of rotatable bonds is 9. The number of morpholine rings is 1. The van der Waals surface area contributed by atoms with Crippen molar-refractivity contribution in [3.05, 3.63) is 60.0 Å². The molecular formula is C27H27F3N6O3S. The molecule has 0 bridgehead atoms. The van der Waals surface area contributed by atoms with E-state index in [1.54, 1.807) is 12.3 Å². The van der Waals surface area contributed by atoms with Crippen LogP contribution in [0, 0.1) is 6.92 Å². The number of pyridine rings is 1. The maximum absolute atomic E-state index is 13.3. The van der Waals surface area contributed by atoms with E-state index in [2.05, 4.69) is 30.2 Å². The third-order valence-electron chi connectivity index (χ3n) is 6.11. The number of methoxy groups -OCH3 is 1. The molecule has 0 aliphatic carbocycles. The Morgan fingerprint density at radius 1 is 1.05 bits per heavy atom. The van der Waals surface area contributed by atoms with Gasteiger partial charge in [-0.1, -0.05) is 0 Å². The molecule has 0 radical (unpaired) electrons. The van der Waals surface area contributed by atoms with Gasteiger partial charge in [0.05, 0.1) is 41.6 Å². The highest BCUT2D eigenvalue weighted by molar-refractivity contribution is 7.18. The molecule has 0 spiro atoms. The average molecular weight is 573 g/mol. The van der Waals surface area contributed by atoms with Crippen molar-refractivity contribution in [2.45, 2.75) is 13.1 Å². The van der Waals surface area contributed by atoms with Gasteiger partial charge in [0.25, 0.3) is 0 Å². The zero-order valence-corrected chi connectivity index (χ0v) is 22.7. The first kappa shape index (κ1) is 27.7. The van der Waals surface area contributed by atoms with Crippen molar-refractivity contribution in [3.8, 4) is 27.0 Å². The number of aromatic nitrogens is 4. The Bertz CT molecular complexity index is 1440. The van der Waals surface area contributed by atoms with E-state index in [0.717, 1.165) is 54.8 Å². The molecule has 1 saturated heterocycles. The molecule has 1 N–H and O–H groups in total. The number of hydrogen-bond acceptors (Lipinski definition) is 10. The minimum atomic E-state index is -4.55. The number of thiazole rings is 1. The number of alkyl halides is 3. The Kier molecular flexibility index (Phi) is 8.43. The van der Waals surface area contributed by atoms with Crippen LogP contribution in [0.2, 0.25) is 0 Å². The second-order valence-electron chi connectivity index (χ2n) is 8.88. The van der Waals surface area contributed by atoms with Crippen LogP contribution in [0.3, 0.4) is 0 Å². The summed E-state index contributed by atoms with van der Waals surface area (Å²) in [6, 6.07) is 10.7. The summed E-state index contributed by atoms with van der Waals surface area (Å²) in [5.74, 6) is 0.389. The molecule has 40 heavy (non-hydrogen) atoms. The second kappa shape index (κ2) is 12.1.